The van der Waals surface area contributed by atoms with E-state index in [1.807, 2.05) is 12.1 Å². The first kappa shape index (κ1) is 15.2. The van der Waals surface area contributed by atoms with Crippen LogP contribution >= 0.6 is 0 Å². The molecule has 0 radical (unpaired) electrons. The van der Waals surface area contributed by atoms with Gasteiger partial charge in [-0.25, -0.2) is 4.79 Å². The molecule has 3 rings (SSSR count). The van der Waals surface area contributed by atoms with Crippen molar-refractivity contribution in [1.82, 2.24) is 9.80 Å². The molecular weight excluding hydrogens is 280 g/mol. The van der Waals surface area contributed by atoms with Gasteiger partial charge in [0.15, 0.2) is 0 Å². The fourth-order valence-electron chi connectivity index (χ4n) is 4.04. The predicted octanol–water partition coefficient (Wildman–Crippen LogP) is 2.75. The molecule has 1 aromatic carbocycles. The first-order valence-electron chi connectivity index (χ1n) is 7.75. The van der Waals surface area contributed by atoms with Crippen LogP contribution in [0.1, 0.15) is 32.8 Å². The quantitative estimate of drug-likeness (QED) is 0.882. The second-order valence-electron chi connectivity index (χ2n) is 7.60. The van der Waals surface area contributed by atoms with E-state index in [9.17, 15) is 15.0 Å². The molecule has 2 heterocycles. The largest absolute Gasteiger partial charge is 0.508 e. The summed E-state index contributed by atoms with van der Waals surface area (Å²) in [4.78, 5) is 15.7. The highest BCUT2D eigenvalue weighted by Crippen LogP contribution is 2.50. The zero-order valence-electron chi connectivity index (χ0n) is 13.4. The maximum Gasteiger partial charge on any atom is 0.407 e. The Hall–Kier alpha value is -1.75. The zero-order valence-corrected chi connectivity index (χ0v) is 13.4. The van der Waals surface area contributed by atoms with Crippen LogP contribution in [0.15, 0.2) is 24.3 Å². The molecule has 2 atom stereocenters. The topological polar surface area (TPSA) is 64.0 Å². The minimum atomic E-state index is -0.804. The van der Waals surface area contributed by atoms with Gasteiger partial charge in [0.2, 0.25) is 0 Å². The van der Waals surface area contributed by atoms with Crippen LogP contribution in [0.2, 0.25) is 0 Å². The molecule has 1 aromatic rings. The highest BCUT2D eigenvalue weighted by molar-refractivity contribution is 5.67. The molecule has 5 heteroatoms. The number of nitrogens with zero attached hydrogens (tertiary/aromatic N) is 2. The second kappa shape index (κ2) is 4.88. The molecular formula is C17H24N2O3. The highest BCUT2D eigenvalue weighted by atomic mass is 16.4. The Bertz CT molecular complexity index is 579. The number of carboxylic acid groups (broad SMARTS) is 1. The molecule has 0 aromatic heterocycles. The lowest BCUT2D eigenvalue weighted by atomic mass is 9.73. The van der Waals surface area contributed by atoms with Gasteiger partial charge in [0.1, 0.15) is 5.75 Å². The molecule has 2 fully saturated rings. The molecule has 22 heavy (non-hydrogen) atoms. The molecule has 2 aliphatic rings. The second-order valence-corrected chi connectivity index (χ2v) is 7.60. The van der Waals surface area contributed by atoms with Gasteiger partial charge < -0.3 is 10.2 Å². The summed E-state index contributed by atoms with van der Waals surface area (Å²) in [6, 6.07) is 7.55. The van der Waals surface area contributed by atoms with E-state index in [0.717, 1.165) is 25.1 Å². The van der Waals surface area contributed by atoms with E-state index in [2.05, 4.69) is 25.7 Å². The Morgan fingerprint density at radius 1 is 1.32 bits per heavy atom. The fraction of sp³-hybridized carbons (Fsp3) is 0.588. The highest BCUT2D eigenvalue weighted by Gasteiger charge is 2.61. The predicted molar refractivity (Wildman–Crippen MR) is 83.8 cm³/mol. The molecule has 0 aliphatic carbocycles. The molecule has 2 aliphatic heterocycles. The van der Waals surface area contributed by atoms with E-state index in [0.29, 0.717) is 6.54 Å². The van der Waals surface area contributed by atoms with Gasteiger partial charge in [0, 0.05) is 25.7 Å². The molecule has 2 N–H and O–H groups in total. The molecule has 120 valence electrons. The number of rotatable bonds is 2. The number of aromatic hydroxyl groups is 1. The van der Waals surface area contributed by atoms with Crippen molar-refractivity contribution in [2.45, 2.75) is 45.3 Å². The SMILES string of the molecule is CC(C)(C)[C@]12C[C@@H](CN1C(=O)O)N(Cc1ccc(O)cc1)C2. The van der Waals surface area contributed by atoms with E-state index in [1.54, 1.807) is 17.0 Å². The van der Waals surface area contributed by atoms with Crippen molar-refractivity contribution in [2.75, 3.05) is 13.1 Å². The van der Waals surface area contributed by atoms with Crippen LogP contribution in [0.5, 0.6) is 5.75 Å². The number of phenols is 1. The number of fused-ring (bicyclic) bond motifs is 2. The minimum Gasteiger partial charge on any atom is -0.508 e. The van der Waals surface area contributed by atoms with Gasteiger partial charge in [-0.05, 0) is 29.5 Å². The van der Waals surface area contributed by atoms with Gasteiger partial charge in [-0.1, -0.05) is 32.9 Å². The van der Waals surface area contributed by atoms with Crippen molar-refractivity contribution in [2.24, 2.45) is 5.41 Å². The summed E-state index contributed by atoms with van der Waals surface area (Å²) < 4.78 is 0. The fourth-order valence-corrected chi connectivity index (χ4v) is 4.04. The van der Waals surface area contributed by atoms with Crippen molar-refractivity contribution in [3.05, 3.63) is 29.8 Å². The summed E-state index contributed by atoms with van der Waals surface area (Å²) in [5, 5.41) is 18.9. The Morgan fingerprint density at radius 2 is 1.95 bits per heavy atom. The number of piperazine rings is 1. The zero-order chi connectivity index (χ0) is 16.1. The minimum absolute atomic E-state index is 0.0934. The number of hydrogen-bond acceptors (Lipinski definition) is 3. The smallest absolute Gasteiger partial charge is 0.407 e. The Labute approximate surface area is 131 Å². The molecule has 2 bridgehead atoms. The van der Waals surface area contributed by atoms with Crippen molar-refractivity contribution in [3.63, 3.8) is 0 Å². The van der Waals surface area contributed by atoms with Crippen LogP contribution in [0.4, 0.5) is 4.79 Å². The molecule has 2 saturated heterocycles. The van der Waals surface area contributed by atoms with E-state index in [4.69, 9.17) is 0 Å². The maximum atomic E-state index is 11.6. The summed E-state index contributed by atoms with van der Waals surface area (Å²) in [7, 11) is 0. The van der Waals surface area contributed by atoms with Crippen molar-refractivity contribution < 1.29 is 15.0 Å². The van der Waals surface area contributed by atoms with Gasteiger partial charge in [-0.15, -0.1) is 0 Å². The first-order chi connectivity index (χ1) is 10.2. The molecule has 0 saturated carbocycles. The third kappa shape index (κ3) is 2.24. The number of amides is 1. The van der Waals surface area contributed by atoms with Crippen LogP contribution in [0.25, 0.3) is 0 Å². The van der Waals surface area contributed by atoms with Crippen LogP contribution in [-0.4, -0.2) is 50.8 Å². The lowest BCUT2D eigenvalue weighted by molar-refractivity contribution is 0.000902. The van der Waals surface area contributed by atoms with Gasteiger partial charge >= 0.3 is 6.09 Å². The van der Waals surface area contributed by atoms with E-state index in [1.165, 1.54) is 0 Å². The maximum absolute atomic E-state index is 11.6. The lowest BCUT2D eigenvalue weighted by Crippen LogP contribution is -2.61. The molecule has 1 amide bonds. The first-order valence-corrected chi connectivity index (χ1v) is 7.75. The monoisotopic (exact) mass is 304 g/mol. The third-order valence-corrected chi connectivity index (χ3v) is 5.41. The summed E-state index contributed by atoms with van der Waals surface area (Å²) in [5.41, 5.74) is 0.751. The van der Waals surface area contributed by atoms with Crippen LogP contribution in [-0.2, 0) is 6.54 Å². The Morgan fingerprint density at radius 3 is 2.50 bits per heavy atom. The van der Waals surface area contributed by atoms with Crippen molar-refractivity contribution in [1.29, 1.82) is 0 Å². The van der Waals surface area contributed by atoms with Crippen LogP contribution in [0, 0.1) is 5.41 Å². The number of hydrogen-bond donors (Lipinski definition) is 2. The number of phenolic OH excluding ortho intramolecular Hbond substituents is 1. The van der Waals surface area contributed by atoms with E-state index < -0.39 is 6.09 Å². The average Bonchev–Trinajstić information content (AvgIpc) is 2.97. The van der Waals surface area contributed by atoms with E-state index >= 15 is 0 Å². The molecule has 0 spiro atoms. The summed E-state index contributed by atoms with van der Waals surface area (Å²) in [6.45, 7) is 8.56. The molecule has 0 unspecified atom stereocenters. The Kier molecular flexibility index (Phi) is 3.36. The summed E-state index contributed by atoms with van der Waals surface area (Å²) in [6.07, 6.45) is 0.0997. The van der Waals surface area contributed by atoms with Gasteiger partial charge in [-0.2, -0.15) is 0 Å². The van der Waals surface area contributed by atoms with Gasteiger partial charge in [-0.3, -0.25) is 9.80 Å². The average molecular weight is 304 g/mol. The number of benzene rings is 1. The summed E-state index contributed by atoms with van der Waals surface area (Å²) >= 11 is 0. The molecule has 5 nitrogen and oxygen atoms in total. The van der Waals surface area contributed by atoms with Crippen LogP contribution in [0.3, 0.4) is 0 Å². The van der Waals surface area contributed by atoms with Crippen molar-refractivity contribution in [3.8, 4) is 5.75 Å². The van der Waals surface area contributed by atoms with Crippen molar-refractivity contribution >= 4 is 6.09 Å². The van der Waals surface area contributed by atoms with Crippen LogP contribution < -0.4 is 0 Å². The number of likely N-dealkylation sites (tertiary alicyclic amines) is 2. The summed E-state index contributed by atoms with van der Waals surface area (Å²) in [5.74, 6) is 0.273. The standard InChI is InChI=1S/C17H24N2O3/c1-16(2,3)17-8-13(10-19(17)15(21)22)18(11-17)9-12-4-6-14(20)7-5-12/h4-7,13,20H,8-11H2,1-3H3,(H,21,22)/t13-,17+/m0/s1. The Balaban J connectivity index is 1.82. The number of carbonyl (C=O) groups is 1. The van der Waals surface area contributed by atoms with E-state index in [-0.39, 0.29) is 22.7 Å². The van der Waals surface area contributed by atoms with Gasteiger partial charge in [0.05, 0.1) is 5.54 Å². The third-order valence-electron chi connectivity index (χ3n) is 5.41. The lowest BCUT2D eigenvalue weighted by Gasteiger charge is -2.48. The van der Waals surface area contributed by atoms with Gasteiger partial charge in [0.25, 0.3) is 0 Å². The normalized spacial score (nSPS) is 28.3.